The van der Waals surface area contributed by atoms with Crippen molar-refractivity contribution in [2.24, 2.45) is 0 Å². The number of benzene rings is 1. The lowest BCUT2D eigenvalue weighted by molar-refractivity contribution is -0.116. The highest BCUT2D eigenvalue weighted by molar-refractivity contribution is 5.75. The predicted molar refractivity (Wildman–Crippen MR) is 75.5 cm³/mol. The van der Waals surface area contributed by atoms with Gasteiger partial charge in [0.25, 0.3) is 0 Å². The lowest BCUT2D eigenvalue weighted by Gasteiger charge is -2.09. The molecule has 0 aromatic heterocycles. The second-order valence-corrected chi connectivity index (χ2v) is 4.75. The van der Waals surface area contributed by atoms with E-state index in [2.05, 4.69) is 5.32 Å². The van der Waals surface area contributed by atoms with Crippen LogP contribution in [0.15, 0.2) is 24.3 Å². The maximum atomic E-state index is 10.9. The number of hydrogen-bond donors (Lipinski definition) is 2. The lowest BCUT2D eigenvalue weighted by atomic mass is 10.1. The summed E-state index contributed by atoms with van der Waals surface area (Å²) in [4.78, 5) is 10.9. The van der Waals surface area contributed by atoms with Gasteiger partial charge in [0.2, 0.25) is 0 Å². The summed E-state index contributed by atoms with van der Waals surface area (Å²) < 4.78 is 5.56. The van der Waals surface area contributed by atoms with Crippen LogP contribution in [0, 0.1) is 0 Å². The van der Waals surface area contributed by atoms with Crippen LogP contribution in [0.5, 0.6) is 5.75 Å². The molecule has 0 amide bonds. The van der Waals surface area contributed by atoms with Gasteiger partial charge in [-0.2, -0.15) is 0 Å². The Kier molecular flexibility index (Phi) is 7.15. The number of aryl methyl sites for hydroxylation is 1. The van der Waals surface area contributed by atoms with Gasteiger partial charge in [0.1, 0.15) is 18.1 Å². The minimum atomic E-state index is -0.333. The van der Waals surface area contributed by atoms with Crippen molar-refractivity contribution in [3.05, 3.63) is 29.8 Å². The number of nitrogens with one attached hydrogen (secondary N) is 1. The van der Waals surface area contributed by atoms with Gasteiger partial charge in [-0.3, -0.25) is 0 Å². The lowest BCUT2D eigenvalue weighted by Crippen LogP contribution is -2.28. The number of Topliss-reactive ketones (excluding diaryl/α,β-unsaturated/α-hetero) is 1. The molecule has 106 valence electrons. The van der Waals surface area contributed by atoms with Gasteiger partial charge in [-0.05, 0) is 38.0 Å². The second-order valence-electron chi connectivity index (χ2n) is 4.75. The van der Waals surface area contributed by atoms with E-state index in [1.165, 1.54) is 0 Å². The van der Waals surface area contributed by atoms with Gasteiger partial charge >= 0.3 is 0 Å². The molecule has 1 rings (SSSR count). The molecule has 1 aromatic rings. The van der Waals surface area contributed by atoms with E-state index in [0.717, 1.165) is 17.7 Å². The van der Waals surface area contributed by atoms with Crippen molar-refractivity contribution in [2.75, 3.05) is 19.7 Å². The van der Waals surface area contributed by atoms with Gasteiger partial charge in [-0.25, -0.2) is 0 Å². The highest BCUT2D eigenvalue weighted by Crippen LogP contribution is 2.13. The van der Waals surface area contributed by atoms with Crippen LogP contribution in [0.25, 0.3) is 0 Å². The van der Waals surface area contributed by atoms with Crippen molar-refractivity contribution in [3.8, 4) is 5.75 Å². The predicted octanol–water partition coefficient (Wildman–Crippen LogP) is 1.56. The third-order valence-corrected chi connectivity index (χ3v) is 2.68. The van der Waals surface area contributed by atoms with E-state index in [1.807, 2.05) is 24.3 Å². The number of aliphatic hydroxyl groups excluding tert-OH is 1. The van der Waals surface area contributed by atoms with Crippen LogP contribution in [-0.4, -0.2) is 36.7 Å². The zero-order valence-corrected chi connectivity index (χ0v) is 11.7. The molecule has 1 atom stereocenters. The topological polar surface area (TPSA) is 58.6 Å². The van der Waals surface area contributed by atoms with E-state index in [0.29, 0.717) is 26.1 Å². The highest BCUT2D eigenvalue weighted by Gasteiger charge is 1.99. The van der Waals surface area contributed by atoms with Gasteiger partial charge in [0, 0.05) is 19.5 Å². The molecule has 0 fully saturated rings. The number of rotatable bonds is 9. The monoisotopic (exact) mass is 265 g/mol. The second kappa shape index (κ2) is 8.67. The number of carbonyl (C=O) groups is 1. The Bertz CT molecular complexity index is 373. The molecule has 0 radical (unpaired) electrons. The van der Waals surface area contributed by atoms with Crippen LogP contribution in [0.4, 0.5) is 0 Å². The molecule has 0 spiro atoms. The van der Waals surface area contributed by atoms with Crippen molar-refractivity contribution >= 4 is 5.78 Å². The van der Waals surface area contributed by atoms with Gasteiger partial charge in [0.15, 0.2) is 0 Å². The van der Waals surface area contributed by atoms with Crippen molar-refractivity contribution < 1.29 is 14.6 Å². The fourth-order valence-electron chi connectivity index (χ4n) is 1.62. The molecule has 0 aliphatic rings. The Morgan fingerprint density at radius 3 is 2.63 bits per heavy atom. The summed E-state index contributed by atoms with van der Waals surface area (Å²) in [5.74, 6) is 1.04. The van der Waals surface area contributed by atoms with Crippen LogP contribution in [0.3, 0.4) is 0 Å². The van der Waals surface area contributed by atoms with Gasteiger partial charge in [-0.1, -0.05) is 12.1 Å². The number of hydrogen-bond acceptors (Lipinski definition) is 4. The molecule has 0 unspecified atom stereocenters. The largest absolute Gasteiger partial charge is 0.492 e. The van der Waals surface area contributed by atoms with Gasteiger partial charge in [0.05, 0.1) is 6.10 Å². The molecule has 19 heavy (non-hydrogen) atoms. The summed E-state index contributed by atoms with van der Waals surface area (Å²) in [6.45, 7) is 5.20. The summed E-state index contributed by atoms with van der Waals surface area (Å²) in [5, 5.41) is 12.1. The standard InChI is InChI=1S/C15H23NO3/c1-12(17)3-4-14-5-7-15(8-6-14)19-10-9-16-11-13(2)18/h5-8,13,16,18H,3-4,9-11H2,1-2H3/t13-/m1/s1. The Morgan fingerprint density at radius 2 is 2.05 bits per heavy atom. The minimum Gasteiger partial charge on any atom is -0.492 e. The molecule has 0 saturated heterocycles. The Labute approximate surface area is 114 Å². The van der Waals surface area contributed by atoms with Crippen LogP contribution in [-0.2, 0) is 11.2 Å². The number of ether oxygens (including phenoxy) is 1. The molecule has 0 aliphatic heterocycles. The Hall–Kier alpha value is -1.39. The van der Waals surface area contributed by atoms with Crippen LogP contribution in [0.2, 0.25) is 0 Å². The average molecular weight is 265 g/mol. The first kappa shape index (κ1) is 15.7. The normalized spacial score (nSPS) is 12.2. The van der Waals surface area contributed by atoms with Crippen LogP contribution >= 0.6 is 0 Å². The summed E-state index contributed by atoms with van der Waals surface area (Å²) in [5.41, 5.74) is 1.15. The minimum absolute atomic E-state index is 0.213. The third kappa shape index (κ3) is 7.59. The van der Waals surface area contributed by atoms with E-state index in [-0.39, 0.29) is 11.9 Å². The summed E-state index contributed by atoms with van der Waals surface area (Å²) in [6.07, 6.45) is 1.04. The zero-order chi connectivity index (χ0) is 14.1. The molecule has 1 aromatic carbocycles. The molecular formula is C15H23NO3. The summed E-state index contributed by atoms with van der Waals surface area (Å²) in [7, 11) is 0. The number of carbonyl (C=O) groups excluding carboxylic acids is 1. The zero-order valence-electron chi connectivity index (χ0n) is 11.7. The highest BCUT2D eigenvalue weighted by atomic mass is 16.5. The molecule has 0 aliphatic carbocycles. The van der Waals surface area contributed by atoms with E-state index in [4.69, 9.17) is 9.84 Å². The molecule has 2 N–H and O–H groups in total. The van der Waals surface area contributed by atoms with Crippen molar-refractivity contribution in [3.63, 3.8) is 0 Å². The average Bonchev–Trinajstić information content (AvgIpc) is 2.37. The van der Waals surface area contributed by atoms with E-state index in [1.54, 1.807) is 13.8 Å². The maximum absolute atomic E-state index is 10.9. The molecule has 4 heteroatoms. The summed E-state index contributed by atoms with van der Waals surface area (Å²) >= 11 is 0. The Balaban J connectivity index is 2.22. The van der Waals surface area contributed by atoms with E-state index >= 15 is 0 Å². The third-order valence-electron chi connectivity index (χ3n) is 2.68. The van der Waals surface area contributed by atoms with Crippen molar-refractivity contribution in [1.82, 2.24) is 5.32 Å². The summed E-state index contributed by atoms with van der Waals surface area (Å²) in [6, 6.07) is 7.82. The van der Waals surface area contributed by atoms with E-state index < -0.39 is 0 Å². The van der Waals surface area contributed by atoms with Crippen LogP contribution in [0.1, 0.15) is 25.8 Å². The SMILES string of the molecule is CC(=O)CCc1ccc(OCCNC[C@@H](C)O)cc1. The smallest absolute Gasteiger partial charge is 0.130 e. The molecule has 0 bridgehead atoms. The molecule has 4 nitrogen and oxygen atoms in total. The van der Waals surface area contributed by atoms with E-state index in [9.17, 15) is 4.79 Å². The molecule has 0 heterocycles. The van der Waals surface area contributed by atoms with Gasteiger partial charge in [-0.15, -0.1) is 0 Å². The van der Waals surface area contributed by atoms with Gasteiger partial charge < -0.3 is 20.0 Å². The van der Waals surface area contributed by atoms with Crippen molar-refractivity contribution in [1.29, 1.82) is 0 Å². The first-order chi connectivity index (χ1) is 9.08. The maximum Gasteiger partial charge on any atom is 0.130 e. The molecule has 0 saturated carbocycles. The first-order valence-corrected chi connectivity index (χ1v) is 6.68. The molecular weight excluding hydrogens is 242 g/mol. The fraction of sp³-hybridized carbons (Fsp3) is 0.533. The quantitative estimate of drug-likeness (QED) is 0.665. The number of ketones is 1. The van der Waals surface area contributed by atoms with Crippen LogP contribution < -0.4 is 10.1 Å². The first-order valence-electron chi connectivity index (χ1n) is 6.68. The van der Waals surface area contributed by atoms with Crippen molar-refractivity contribution in [2.45, 2.75) is 32.8 Å². The number of aliphatic hydroxyl groups is 1. The Morgan fingerprint density at radius 1 is 1.37 bits per heavy atom. The fourth-order valence-corrected chi connectivity index (χ4v) is 1.62.